The number of amides is 2. The minimum Gasteiger partial charge on any atom is -0.493 e. The maximum absolute atomic E-state index is 13.1. The van der Waals surface area contributed by atoms with Gasteiger partial charge in [-0.05, 0) is 41.7 Å². The van der Waals surface area contributed by atoms with Gasteiger partial charge >= 0.3 is 0 Å². The van der Waals surface area contributed by atoms with Crippen LogP contribution in [-0.4, -0.2) is 72.4 Å². The smallest absolute Gasteiger partial charge is 0.246 e. The van der Waals surface area contributed by atoms with Gasteiger partial charge in [-0.15, -0.1) is 0 Å². The molecule has 0 aliphatic carbocycles. The monoisotopic (exact) mass is 459 g/mol. The number of carbonyl (C=O) groups is 2. The largest absolute Gasteiger partial charge is 0.493 e. The summed E-state index contributed by atoms with van der Waals surface area (Å²) in [6.07, 6.45) is 6.00. The van der Waals surface area contributed by atoms with E-state index >= 15 is 0 Å². The Bertz CT molecular complexity index is 1040. The Balaban J connectivity index is 1.06. The van der Waals surface area contributed by atoms with E-state index in [-0.39, 0.29) is 17.7 Å². The molecule has 2 amide bonds. The molecule has 0 unspecified atom stereocenters. The number of carbonyl (C=O) groups excluding carboxylic acids is 2. The zero-order chi connectivity index (χ0) is 23.3. The van der Waals surface area contributed by atoms with Gasteiger partial charge in [0, 0.05) is 64.2 Å². The summed E-state index contributed by atoms with van der Waals surface area (Å²) in [6, 6.07) is 16.4. The number of rotatable bonds is 5. The number of ether oxygens (including phenoxy) is 1. The summed E-state index contributed by atoms with van der Waals surface area (Å²) < 4.78 is 5.61. The van der Waals surface area contributed by atoms with Gasteiger partial charge in [-0.2, -0.15) is 0 Å². The van der Waals surface area contributed by atoms with Crippen LogP contribution in [0.2, 0.25) is 0 Å². The van der Waals surface area contributed by atoms with Crippen LogP contribution in [0.5, 0.6) is 5.75 Å². The lowest BCUT2D eigenvalue weighted by atomic mass is 9.94. The predicted octanol–water partition coefficient (Wildman–Crippen LogP) is 3.22. The van der Waals surface area contributed by atoms with Crippen LogP contribution in [0.15, 0.2) is 54.6 Å². The summed E-state index contributed by atoms with van der Waals surface area (Å²) >= 11 is 0. The lowest BCUT2D eigenvalue weighted by molar-refractivity contribution is -0.141. The molecule has 178 valence electrons. The average molecular weight is 460 g/mol. The standard InChI is InChI=1S/C28H33N3O3/c32-27(9-7-22-4-2-1-3-5-22)30-13-10-24(11-14-30)28(33)31-17-15-29(16-18-31)21-23-6-8-26-25(20-23)12-19-34-26/h1-9,20,24H,10-19,21H2/b9-7+. The maximum Gasteiger partial charge on any atom is 0.246 e. The molecule has 0 aromatic heterocycles. The Kier molecular flexibility index (Phi) is 6.95. The van der Waals surface area contributed by atoms with Gasteiger partial charge in [-0.3, -0.25) is 14.5 Å². The molecular weight excluding hydrogens is 426 g/mol. The van der Waals surface area contributed by atoms with Gasteiger partial charge in [0.25, 0.3) is 0 Å². The van der Waals surface area contributed by atoms with Crippen molar-refractivity contribution in [3.63, 3.8) is 0 Å². The fourth-order valence-corrected chi connectivity index (χ4v) is 5.16. The normalized spacial score (nSPS) is 19.3. The van der Waals surface area contributed by atoms with Crippen LogP contribution >= 0.6 is 0 Å². The van der Waals surface area contributed by atoms with Crippen LogP contribution in [0.1, 0.15) is 29.5 Å². The highest BCUT2D eigenvalue weighted by atomic mass is 16.5. The van der Waals surface area contributed by atoms with Crippen LogP contribution in [-0.2, 0) is 22.6 Å². The second kappa shape index (κ2) is 10.4. The van der Waals surface area contributed by atoms with Gasteiger partial charge in [0.1, 0.15) is 5.75 Å². The molecule has 34 heavy (non-hydrogen) atoms. The highest BCUT2D eigenvalue weighted by Crippen LogP contribution is 2.27. The minimum absolute atomic E-state index is 0.0292. The lowest BCUT2D eigenvalue weighted by Crippen LogP contribution is -2.51. The van der Waals surface area contributed by atoms with Crippen LogP contribution in [0.4, 0.5) is 0 Å². The molecule has 3 heterocycles. The molecule has 6 nitrogen and oxygen atoms in total. The van der Waals surface area contributed by atoms with E-state index in [0.717, 1.165) is 69.9 Å². The van der Waals surface area contributed by atoms with E-state index < -0.39 is 0 Å². The summed E-state index contributed by atoms with van der Waals surface area (Å²) in [4.78, 5) is 32.0. The van der Waals surface area contributed by atoms with Crippen LogP contribution < -0.4 is 4.74 Å². The summed E-state index contributed by atoms with van der Waals surface area (Å²) in [5.74, 6) is 1.35. The molecule has 2 aromatic carbocycles. The summed E-state index contributed by atoms with van der Waals surface area (Å²) in [5, 5.41) is 0. The molecule has 6 heteroatoms. The number of likely N-dealkylation sites (tertiary alicyclic amines) is 1. The van der Waals surface area contributed by atoms with Gasteiger partial charge in [0.05, 0.1) is 6.61 Å². The second-order valence-corrected chi connectivity index (χ2v) is 9.49. The minimum atomic E-state index is 0.0292. The third kappa shape index (κ3) is 5.33. The second-order valence-electron chi connectivity index (χ2n) is 9.49. The topological polar surface area (TPSA) is 53.1 Å². The highest BCUT2D eigenvalue weighted by Gasteiger charge is 2.31. The first-order valence-electron chi connectivity index (χ1n) is 12.4. The molecule has 0 saturated carbocycles. The van der Waals surface area contributed by atoms with Crippen LogP contribution in [0, 0.1) is 5.92 Å². The fraction of sp³-hybridized carbons (Fsp3) is 0.429. The van der Waals surface area contributed by atoms with E-state index in [1.807, 2.05) is 46.2 Å². The van der Waals surface area contributed by atoms with Crippen molar-refractivity contribution in [2.24, 2.45) is 5.92 Å². The van der Waals surface area contributed by atoms with Gasteiger partial charge in [-0.25, -0.2) is 0 Å². The molecule has 0 bridgehead atoms. The number of hydrogen-bond donors (Lipinski definition) is 0. The van der Waals surface area contributed by atoms with Crippen molar-refractivity contribution in [2.75, 3.05) is 45.9 Å². The van der Waals surface area contributed by atoms with E-state index in [9.17, 15) is 9.59 Å². The number of fused-ring (bicyclic) bond motifs is 1. The van der Waals surface area contributed by atoms with Crippen molar-refractivity contribution < 1.29 is 14.3 Å². The Morgan fingerprint density at radius 3 is 2.44 bits per heavy atom. The Morgan fingerprint density at radius 1 is 0.912 bits per heavy atom. The molecule has 2 saturated heterocycles. The molecule has 0 atom stereocenters. The van der Waals surface area contributed by atoms with Gasteiger partial charge < -0.3 is 14.5 Å². The molecule has 3 aliphatic rings. The Morgan fingerprint density at radius 2 is 1.68 bits per heavy atom. The number of piperazine rings is 1. The van der Waals surface area contributed by atoms with Crippen molar-refractivity contribution in [2.45, 2.75) is 25.8 Å². The fourth-order valence-electron chi connectivity index (χ4n) is 5.16. The van der Waals surface area contributed by atoms with Crippen molar-refractivity contribution in [1.82, 2.24) is 14.7 Å². The number of piperidine rings is 1. The van der Waals surface area contributed by atoms with E-state index in [4.69, 9.17) is 4.74 Å². The maximum atomic E-state index is 13.1. The first-order valence-corrected chi connectivity index (χ1v) is 12.4. The van der Waals surface area contributed by atoms with Crippen molar-refractivity contribution in [3.05, 3.63) is 71.3 Å². The molecule has 0 N–H and O–H groups in total. The molecule has 0 radical (unpaired) electrons. The van der Waals surface area contributed by atoms with E-state index in [2.05, 4.69) is 23.1 Å². The van der Waals surface area contributed by atoms with Gasteiger partial charge in [0.2, 0.25) is 11.8 Å². The third-order valence-electron chi connectivity index (χ3n) is 7.22. The van der Waals surface area contributed by atoms with E-state index in [1.165, 1.54) is 11.1 Å². The first kappa shape index (κ1) is 22.7. The molecule has 5 rings (SSSR count). The lowest BCUT2D eigenvalue weighted by Gasteiger charge is -2.38. The molecule has 3 aliphatic heterocycles. The summed E-state index contributed by atoms with van der Waals surface area (Å²) in [5.41, 5.74) is 3.65. The zero-order valence-corrected chi connectivity index (χ0v) is 19.7. The molecule has 2 aromatic rings. The number of benzene rings is 2. The van der Waals surface area contributed by atoms with Gasteiger partial charge in [0.15, 0.2) is 0 Å². The summed E-state index contributed by atoms with van der Waals surface area (Å²) in [6.45, 7) is 6.38. The van der Waals surface area contributed by atoms with Crippen molar-refractivity contribution in [1.29, 1.82) is 0 Å². The molecule has 0 spiro atoms. The quantitative estimate of drug-likeness (QED) is 0.645. The Hall–Kier alpha value is -3.12. The summed E-state index contributed by atoms with van der Waals surface area (Å²) in [7, 11) is 0. The average Bonchev–Trinajstić information content (AvgIpc) is 3.36. The van der Waals surface area contributed by atoms with Crippen molar-refractivity contribution in [3.8, 4) is 5.75 Å². The van der Waals surface area contributed by atoms with Crippen LogP contribution in [0.3, 0.4) is 0 Å². The molecular formula is C28H33N3O3. The predicted molar refractivity (Wildman–Crippen MR) is 132 cm³/mol. The van der Waals surface area contributed by atoms with E-state index in [1.54, 1.807) is 6.08 Å². The third-order valence-corrected chi connectivity index (χ3v) is 7.22. The first-order chi connectivity index (χ1) is 16.7. The van der Waals surface area contributed by atoms with Crippen LogP contribution in [0.25, 0.3) is 6.08 Å². The molecule has 2 fully saturated rings. The number of hydrogen-bond acceptors (Lipinski definition) is 4. The van der Waals surface area contributed by atoms with E-state index in [0.29, 0.717) is 13.1 Å². The highest BCUT2D eigenvalue weighted by molar-refractivity contribution is 5.92. The number of nitrogens with zero attached hydrogens (tertiary/aromatic N) is 3. The van der Waals surface area contributed by atoms with Gasteiger partial charge in [-0.1, -0.05) is 42.5 Å². The Labute approximate surface area is 201 Å². The zero-order valence-electron chi connectivity index (χ0n) is 19.7. The van der Waals surface area contributed by atoms with Crippen molar-refractivity contribution >= 4 is 17.9 Å². The SMILES string of the molecule is O=C(/C=C/c1ccccc1)N1CCC(C(=O)N2CCN(Cc3ccc4c(c3)CCO4)CC2)CC1.